The van der Waals surface area contributed by atoms with Crippen molar-refractivity contribution in [1.82, 2.24) is 14.6 Å². The SMILES string of the molecule is Nc1ncc(Br)cc1S(=O)(=O)NC1CCN2CCCC12. The number of pyridine rings is 1. The Bertz CT molecular complexity index is 622. The molecule has 3 N–H and O–H groups in total. The second kappa shape index (κ2) is 5.25. The number of nitrogens with one attached hydrogen (secondary N) is 1. The zero-order valence-corrected chi connectivity index (χ0v) is 13.3. The molecule has 2 saturated heterocycles. The van der Waals surface area contributed by atoms with Gasteiger partial charge in [0.25, 0.3) is 0 Å². The lowest BCUT2D eigenvalue weighted by molar-refractivity contribution is 0.309. The fraction of sp³-hybridized carbons (Fsp3) is 0.583. The molecule has 0 radical (unpaired) electrons. The van der Waals surface area contributed by atoms with Crippen molar-refractivity contribution in [3.8, 4) is 0 Å². The van der Waals surface area contributed by atoms with E-state index in [2.05, 4.69) is 30.5 Å². The Kier molecular flexibility index (Phi) is 3.74. The molecule has 2 aliphatic rings. The number of halogens is 1. The molecule has 110 valence electrons. The molecule has 2 fully saturated rings. The van der Waals surface area contributed by atoms with Crippen LogP contribution in [-0.2, 0) is 10.0 Å². The molecular formula is C12H17BrN4O2S. The molecule has 0 saturated carbocycles. The number of aromatic nitrogens is 1. The second-order valence-electron chi connectivity index (χ2n) is 5.30. The quantitative estimate of drug-likeness (QED) is 0.837. The second-order valence-corrected chi connectivity index (χ2v) is 7.90. The van der Waals surface area contributed by atoms with Crippen LogP contribution in [0.3, 0.4) is 0 Å². The topological polar surface area (TPSA) is 88.3 Å². The standard InChI is InChI=1S/C12H17BrN4O2S/c13-8-6-11(12(14)15-7-8)20(18,19)16-9-3-5-17-4-1-2-10(9)17/h6-7,9-10,16H,1-5H2,(H2,14,15). The Morgan fingerprint density at radius 3 is 3.00 bits per heavy atom. The van der Waals surface area contributed by atoms with Gasteiger partial charge < -0.3 is 5.73 Å². The summed E-state index contributed by atoms with van der Waals surface area (Å²) >= 11 is 3.23. The summed E-state index contributed by atoms with van der Waals surface area (Å²) < 4.78 is 28.4. The highest BCUT2D eigenvalue weighted by molar-refractivity contribution is 9.10. The summed E-state index contributed by atoms with van der Waals surface area (Å²) in [6.07, 6.45) is 4.54. The average Bonchev–Trinajstić information content (AvgIpc) is 2.97. The van der Waals surface area contributed by atoms with Crippen LogP contribution in [0.2, 0.25) is 0 Å². The van der Waals surface area contributed by atoms with Crippen LogP contribution in [0.15, 0.2) is 21.6 Å². The van der Waals surface area contributed by atoms with Gasteiger partial charge >= 0.3 is 0 Å². The van der Waals surface area contributed by atoms with E-state index in [0.717, 1.165) is 32.4 Å². The smallest absolute Gasteiger partial charge is 0.244 e. The minimum absolute atomic E-state index is 0.0270. The zero-order chi connectivity index (χ0) is 14.3. The Balaban J connectivity index is 1.84. The first-order chi connectivity index (χ1) is 9.47. The third-order valence-corrected chi connectivity index (χ3v) is 6.00. The number of hydrogen-bond acceptors (Lipinski definition) is 5. The van der Waals surface area contributed by atoms with E-state index >= 15 is 0 Å². The molecule has 3 heterocycles. The van der Waals surface area contributed by atoms with Crippen LogP contribution >= 0.6 is 15.9 Å². The molecule has 6 nitrogen and oxygen atoms in total. The van der Waals surface area contributed by atoms with E-state index in [4.69, 9.17) is 5.73 Å². The first kappa shape index (κ1) is 14.2. The molecule has 0 aromatic carbocycles. The van der Waals surface area contributed by atoms with Gasteiger partial charge in [0.05, 0.1) is 0 Å². The van der Waals surface area contributed by atoms with Crippen molar-refractivity contribution in [3.63, 3.8) is 0 Å². The van der Waals surface area contributed by atoms with Crippen molar-refractivity contribution in [2.45, 2.75) is 36.2 Å². The van der Waals surface area contributed by atoms with Gasteiger partial charge in [-0.15, -0.1) is 0 Å². The van der Waals surface area contributed by atoms with E-state index in [1.807, 2.05) is 0 Å². The maximum absolute atomic E-state index is 12.5. The van der Waals surface area contributed by atoms with E-state index < -0.39 is 10.0 Å². The maximum atomic E-state index is 12.5. The summed E-state index contributed by atoms with van der Waals surface area (Å²) in [6, 6.07) is 1.79. The van der Waals surface area contributed by atoms with Crippen LogP contribution in [0.1, 0.15) is 19.3 Å². The first-order valence-electron chi connectivity index (χ1n) is 6.65. The van der Waals surface area contributed by atoms with E-state index in [9.17, 15) is 8.42 Å². The molecule has 3 rings (SSSR count). The monoisotopic (exact) mass is 360 g/mol. The van der Waals surface area contributed by atoms with E-state index in [0.29, 0.717) is 10.5 Å². The highest BCUT2D eigenvalue weighted by Crippen LogP contribution is 2.29. The molecule has 0 amide bonds. The molecule has 0 aliphatic carbocycles. The molecule has 2 atom stereocenters. The lowest BCUT2D eigenvalue weighted by Gasteiger charge is -2.21. The predicted octanol–water partition coefficient (Wildman–Crippen LogP) is 0.941. The third kappa shape index (κ3) is 2.57. The summed E-state index contributed by atoms with van der Waals surface area (Å²) in [5.74, 6) is 0.0296. The lowest BCUT2D eigenvalue weighted by atomic mass is 10.1. The number of nitrogens with two attached hydrogens (primary N) is 1. The average molecular weight is 361 g/mol. The van der Waals surface area contributed by atoms with Crippen molar-refractivity contribution in [2.75, 3.05) is 18.8 Å². The van der Waals surface area contributed by atoms with Gasteiger partial charge in [0.1, 0.15) is 10.7 Å². The molecule has 2 aliphatic heterocycles. The highest BCUT2D eigenvalue weighted by Gasteiger charge is 2.39. The zero-order valence-electron chi connectivity index (χ0n) is 10.9. The first-order valence-corrected chi connectivity index (χ1v) is 8.92. The molecule has 0 spiro atoms. The van der Waals surface area contributed by atoms with Crippen molar-refractivity contribution >= 4 is 31.8 Å². The van der Waals surface area contributed by atoms with Gasteiger partial charge in [-0.05, 0) is 47.8 Å². The van der Waals surface area contributed by atoms with Gasteiger partial charge in [-0.2, -0.15) is 0 Å². The summed E-state index contributed by atoms with van der Waals surface area (Å²) in [5, 5.41) is 0. The number of sulfonamides is 1. The van der Waals surface area contributed by atoms with Crippen LogP contribution in [-0.4, -0.2) is 43.5 Å². The van der Waals surface area contributed by atoms with Gasteiger partial charge in [0.15, 0.2) is 0 Å². The Morgan fingerprint density at radius 1 is 1.40 bits per heavy atom. The largest absolute Gasteiger partial charge is 0.383 e. The summed E-state index contributed by atoms with van der Waals surface area (Å²) in [6.45, 7) is 2.04. The van der Waals surface area contributed by atoms with E-state index in [1.165, 1.54) is 12.3 Å². The minimum Gasteiger partial charge on any atom is -0.383 e. The van der Waals surface area contributed by atoms with E-state index in [1.54, 1.807) is 0 Å². The van der Waals surface area contributed by atoms with Gasteiger partial charge in [-0.1, -0.05) is 0 Å². The number of hydrogen-bond donors (Lipinski definition) is 2. The normalized spacial score (nSPS) is 26.9. The molecule has 1 aromatic heterocycles. The van der Waals surface area contributed by atoms with Crippen LogP contribution in [0.4, 0.5) is 5.82 Å². The number of nitrogens with zero attached hydrogens (tertiary/aromatic N) is 2. The highest BCUT2D eigenvalue weighted by atomic mass is 79.9. The predicted molar refractivity (Wildman–Crippen MR) is 79.7 cm³/mol. The van der Waals surface area contributed by atoms with Gasteiger partial charge in [-0.3, -0.25) is 4.90 Å². The molecule has 20 heavy (non-hydrogen) atoms. The number of fused-ring (bicyclic) bond motifs is 1. The van der Waals surface area contributed by atoms with Crippen LogP contribution < -0.4 is 10.5 Å². The van der Waals surface area contributed by atoms with Crippen LogP contribution in [0.25, 0.3) is 0 Å². The van der Waals surface area contributed by atoms with E-state index in [-0.39, 0.29) is 16.8 Å². The number of nitrogen functional groups attached to an aromatic ring is 1. The fourth-order valence-corrected chi connectivity index (χ4v) is 5.02. The lowest BCUT2D eigenvalue weighted by Crippen LogP contribution is -2.42. The Labute approximate surface area is 126 Å². The summed E-state index contributed by atoms with van der Waals surface area (Å²) in [7, 11) is -3.63. The van der Waals surface area contributed by atoms with Crippen LogP contribution in [0, 0.1) is 0 Å². The molecular weight excluding hydrogens is 344 g/mol. The maximum Gasteiger partial charge on any atom is 0.244 e. The van der Waals surface area contributed by atoms with Crippen LogP contribution in [0.5, 0.6) is 0 Å². The van der Waals surface area contributed by atoms with Gasteiger partial charge in [0.2, 0.25) is 10.0 Å². The number of rotatable bonds is 3. The fourth-order valence-electron chi connectivity index (χ4n) is 3.13. The summed E-state index contributed by atoms with van der Waals surface area (Å²) in [5.41, 5.74) is 5.70. The van der Waals surface area contributed by atoms with Gasteiger partial charge in [-0.25, -0.2) is 18.1 Å². The Hall–Kier alpha value is -0.700. The summed E-state index contributed by atoms with van der Waals surface area (Å²) in [4.78, 5) is 6.29. The van der Waals surface area contributed by atoms with Crippen molar-refractivity contribution in [3.05, 3.63) is 16.7 Å². The minimum atomic E-state index is -3.63. The molecule has 1 aromatic rings. The van der Waals surface area contributed by atoms with Gasteiger partial charge in [0, 0.05) is 29.3 Å². The Morgan fingerprint density at radius 2 is 2.20 bits per heavy atom. The molecule has 2 unspecified atom stereocenters. The van der Waals surface area contributed by atoms with Crippen molar-refractivity contribution < 1.29 is 8.42 Å². The van der Waals surface area contributed by atoms with Crippen molar-refractivity contribution in [2.24, 2.45) is 0 Å². The third-order valence-electron chi connectivity index (χ3n) is 4.05. The molecule has 8 heteroatoms. The van der Waals surface area contributed by atoms with Crippen molar-refractivity contribution in [1.29, 1.82) is 0 Å². The molecule has 0 bridgehead atoms. The number of anilines is 1.